The van der Waals surface area contributed by atoms with Crippen molar-refractivity contribution < 1.29 is 9.59 Å². The Morgan fingerprint density at radius 3 is 2.05 bits per heavy atom. The van der Waals surface area contributed by atoms with E-state index in [0.29, 0.717) is 31.6 Å². The Kier molecular flexibility index (Phi) is 11.9. The molecule has 0 aromatic heterocycles. The number of nitrogens with two attached hydrogens (primary N) is 1. The molecule has 0 fully saturated rings. The van der Waals surface area contributed by atoms with Crippen molar-refractivity contribution in [3.05, 3.63) is 0 Å². The predicted molar refractivity (Wildman–Crippen MR) is 81.9 cm³/mol. The first-order chi connectivity index (χ1) is 9.06. The van der Waals surface area contributed by atoms with E-state index in [-0.39, 0.29) is 11.8 Å². The lowest BCUT2D eigenvalue weighted by atomic mass is 10.2. The van der Waals surface area contributed by atoms with Gasteiger partial charge in [0.05, 0.1) is 0 Å². The number of nitrogens with one attached hydrogen (secondary N) is 2. The summed E-state index contributed by atoms with van der Waals surface area (Å²) in [6, 6.07) is 0. The van der Waals surface area contributed by atoms with Crippen LogP contribution in [0.15, 0.2) is 0 Å². The molecule has 112 valence electrons. The van der Waals surface area contributed by atoms with Crippen LogP contribution in [0.2, 0.25) is 0 Å². The van der Waals surface area contributed by atoms with E-state index < -0.39 is 0 Å². The van der Waals surface area contributed by atoms with Gasteiger partial charge in [0.15, 0.2) is 0 Å². The monoisotopic (exact) mass is 289 g/mol. The highest BCUT2D eigenvalue weighted by Gasteiger charge is 2.04. The van der Waals surface area contributed by atoms with Crippen LogP contribution in [0.1, 0.15) is 45.4 Å². The van der Waals surface area contributed by atoms with Gasteiger partial charge in [-0.25, -0.2) is 0 Å². The molecular formula is C13H28N3O2P. The average Bonchev–Trinajstić information content (AvgIpc) is 2.34. The molecule has 5 nitrogen and oxygen atoms in total. The van der Waals surface area contributed by atoms with Crippen LogP contribution in [0.25, 0.3) is 0 Å². The van der Waals surface area contributed by atoms with Crippen molar-refractivity contribution in [2.24, 2.45) is 5.73 Å². The maximum absolute atomic E-state index is 11.4. The van der Waals surface area contributed by atoms with E-state index in [2.05, 4.69) is 26.8 Å². The first-order valence-corrected chi connectivity index (χ1v) is 7.72. The zero-order chi connectivity index (χ0) is 14.5. The summed E-state index contributed by atoms with van der Waals surface area (Å²) >= 11 is 0. The van der Waals surface area contributed by atoms with E-state index in [1.54, 1.807) is 0 Å². The van der Waals surface area contributed by atoms with Crippen molar-refractivity contribution in [3.8, 4) is 0 Å². The van der Waals surface area contributed by atoms with Crippen molar-refractivity contribution in [3.63, 3.8) is 0 Å². The van der Waals surface area contributed by atoms with Gasteiger partial charge in [-0.15, -0.1) is 9.24 Å². The summed E-state index contributed by atoms with van der Waals surface area (Å²) < 4.78 is 0. The van der Waals surface area contributed by atoms with Gasteiger partial charge in [0.1, 0.15) is 0 Å². The van der Waals surface area contributed by atoms with E-state index in [4.69, 9.17) is 5.73 Å². The fourth-order valence-electron chi connectivity index (χ4n) is 1.52. The Morgan fingerprint density at radius 2 is 1.58 bits per heavy atom. The number of amides is 2. The summed E-state index contributed by atoms with van der Waals surface area (Å²) in [4.78, 5) is 22.8. The number of carbonyl (C=O) groups is 2. The molecule has 2 unspecified atom stereocenters. The molecule has 0 aliphatic rings. The number of hydrogen-bond acceptors (Lipinski definition) is 3. The molecule has 6 heteroatoms. The number of rotatable bonds is 11. The second kappa shape index (κ2) is 12.4. The third-order valence-electron chi connectivity index (χ3n) is 2.68. The first kappa shape index (κ1) is 18.3. The molecule has 19 heavy (non-hydrogen) atoms. The van der Waals surface area contributed by atoms with Gasteiger partial charge in [-0.1, -0.05) is 6.92 Å². The molecule has 0 radical (unpaired) electrons. The fourth-order valence-corrected chi connectivity index (χ4v) is 1.68. The maximum atomic E-state index is 11.4. The molecule has 0 saturated heterocycles. The summed E-state index contributed by atoms with van der Waals surface area (Å²) in [6.07, 6.45) is 4.28. The van der Waals surface area contributed by atoms with Crippen LogP contribution in [0.3, 0.4) is 0 Å². The van der Waals surface area contributed by atoms with Gasteiger partial charge >= 0.3 is 0 Å². The molecule has 0 aromatic rings. The number of unbranched alkanes of at least 4 members (excludes halogenated alkanes) is 1. The maximum Gasteiger partial charge on any atom is 0.219 e. The van der Waals surface area contributed by atoms with Crippen LogP contribution in [-0.2, 0) is 9.59 Å². The molecule has 0 aromatic carbocycles. The van der Waals surface area contributed by atoms with Gasteiger partial charge in [-0.2, -0.15) is 0 Å². The lowest BCUT2D eigenvalue weighted by molar-refractivity contribution is -0.123. The Hall–Kier alpha value is -0.670. The molecule has 0 aliphatic carbocycles. The van der Waals surface area contributed by atoms with E-state index in [0.717, 1.165) is 32.2 Å². The van der Waals surface area contributed by atoms with Crippen molar-refractivity contribution >= 4 is 21.1 Å². The van der Waals surface area contributed by atoms with Crippen LogP contribution in [-0.4, -0.2) is 37.1 Å². The highest BCUT2D eigenvalue weighted by atomic mass is 31.0. The Labute approximate surface area is 118 Å². The molecule has 2 atom stereocenters. The van der Waals surface area contributed by atoms with Crippen molar-refractivity contribution in [2.75, 3.05) is 19.6 Å². The normalized spacial score (nSPS) is 11.9. The lowest BCUT2D eigenvalue weighted by Gasteiger charge is -2.07. The van der Waals surface area contributed by atoms with Crippen LogP contribution < -0.4 is 16.4 Å². The highest BCUT2D eigenvalue weighted by molar-refractivity contribution is 7.17. The van der Waals surface area contributed by atoms with Crippen molar-refractivity contribution in [1.82, 2.24) is 10.6 Å². The molecule has 0 bridgehead atoms. The van der Waals surface area contributed by atoms with Gasteiger partial charge in [0, 0.05) is 25.9 Å². The van der Waals surface area contributed by atoms with Crippen LogP contribution in [0, 0.1) is 0 Å². The molecule has 0 saturated carbocycles. The smallest absolute Gasteiger partial charge is 0.219 e. The second-order valence-corrected chi connectivity index (χ2v) is 5.95. The van der Waals surface area contributed by atoms with Crippen LogP contribution >= 0.6 is 9.24 Å². The average molecular weight is 289 g/mol. The van der Waals surface area contributed by atoms with Gasteiger partial charge in [-0.3, -0.25) is 9.59 Å². The number of carbonyl (C=O) groups excluding carboxylic acids is 2. The van der Waals surface area contributed by atoms with Crippen LogP contribution in [0.5, 0.6) is 0 Å². The van der Waals surface area contributed by atoms with Crippen LogP contribution in [0.4, 0.5) is 0 Å². The topological polar surface area (TPSA) is 84.2 Å². The second-order valence-electron chi connectivity index (χ2n) is 4.82. The SMILES string of the molecule is CC(P)CCNC(=O)CCCCC(=O)NCCCN. The molecule has 0 aliphatic heterocycles. The molecule has 0 heterocycles. The summed E-state index contributed by atoms with van der Waals surface area (Å²) in [5.41, 5.74) is 5.86. The summed E-state index contributed by atoms with van der Waals surface area (Å²) in [6.45, 7) is 4.06. The van der Waals surface area contributed by atoms with Gasteiger partial charge < -0.3 is 16.4 Å². The van der Waals surface area contributed by atoms with Gasteiger partial charge in [0.2, 0.25) is 11.8 Å². The van der Waals surface area contributed by atoms with E-state index >= 15 is 0 Å². The van der Waals surface area contributed by atoms with E-state index in [9.17, 15) is 9.59 Å². The third-order valence-corrected chi connectivity index (χ3v) is 3.02. The zero-order valence-corrected chi connectivity index (χ0v) is 13.1. The third kappa shape index (κ3) is 13.6. The fraction of sp³-hybridized carbons (Fsp3) is 0.846. The largest absolute Gasteiger partial charge is 0.356 e. The molecular weight excluding hydrogens is 261 g/mol. The molecule has 2 amide bonds. The molecule has 4 N–H and O–H groups in total. The Morgan fingerprint density at radius 1 is 1.05 bits per heavy atom. The summed E-state index contributed by atoms with van der Waals surface area (Å²) in [7, 11) is 2.71. The minimum atomic E-state index is 0.0469. The van der Waals surface area contributed by atoms with Gasteiger partial charge in [0.25, 0.3) is 0 Å². The van der Waals surface area contributed by atoms with E-state index in [1.807, 2.05) is 0 Å². The number of hydrogen-bond donors (Lipinski definition) is 3. The first-order valence-electron chi connectivity index (χ1n) is 7.05. The minimum Gasteiger partial charge on any atom is -0.356 e. The predicted octanol–water partition coefficient (Wildman–Crippen LogP) is 0.782. The Bertz CT molecular complexity index is 260. The molecule has 0 spiro atoms. The van der Waals surface area contributed by atoms with Gasteiger partial charge in [-0.05, 0) is 37.9 Å². The minimum absolute atomic E-state index is 0.0469. The summed E-state index contributed by atoms with van der Waals surface area (Å²) in [5, 5.41) is 5.67. The molecule has 0 rings (SSSR count). The zero-order valence-electron chi connectivity index (χ0n) is 11.9. The van der Waals surface area contributed by atoms with Crippen molar-refractivity contribution in [1.29, 1.82) is 0 Å². The Balaban J connectivity index is 3.37. The van der Waals surface area contributed by atoms with E-state index in [1.165, 1.54) is 0 Å². The summed E-state index contributed by atoms with van der Waals surface area (Å²) in [5.74, 6) is 0.125. The van der Waals surface area contributed by atoms with Crippen molar-refractivity contribution in [2.45, 2.75) is 51.1 Å². The quantitative estimate of drug-likeness (QED) is 0.388. The standard InChI is InChI=1S/C13H28N3O2P/c1-11(19)7-10-16-13(18)6-3-2-5-12(17)15-9-4-8-14/h11H,2-10,14,19H2,1H3,(H,15,17)(H,16,18). The highest BCUT2D eigenvalue weighted by Crippen LogP contribution is 2.02. The lowest BCUT2D eigenvalue weighted by Crippen LogP contribution is -2.26.